The van der Waals surface area contributed by atoms with Crippen molar-refractivity contribution >= 4 is 5.97 Å². The van der Waals surface area contributed by atoms with Crippen molar-refractivity contribution in [2.24, 2.45) is 5.41 Å². The Labute approximate surface area is 85.1 Å². The van der Waals surface area contributed by atoms with E-state index in [1.807, 2.05) is 0 Å². The third-order valence-electron chi connectivity index (χ3n) is 3.20. The molecule has 1 aliphatic rings. The van der Waals surface area contributed by atoms with Gasteiger partial charge in [0.1, 0.15) is 0 Å². The lowest BCUT2D eigenvalue weighted by Crippen LogP contribution is -2.33. The van der Waals surface area contributed by atoms with Crippen molar-refractivity contribution < 1.29 is 15.0 Å². The molecule has 1 atom stereocenters. The Hall–Kier alpha value is -0.570. The smallest absolute Gasteiger partial charge is 0.309 e. The molecule has 1 saturated carbocycles. The van der Waals surface area contributed by atoms with E-state index in [4.69, 9.17) is 0 Å². The Bertz CT molecular complexity index is 191. The molecule has 1 fully saturated rings. The van der Waals surface area contributed by atoms with Crippen LogP contribution in [-0.2, 0) is 4.79 Å². The molecule has 0 aromatic carbocycles. The summed E-state index contributed by atoms with van der Waals surface area (Å²) in [5.41, 5.74) is -0.648. The molecule has 1 rings (SSSR count). The average molecular weight is 200 g/mol. The fourth-order valence-corrected chi connectivity index (χ4v) is 2.48. The van der Waals surface area contributed by atoms with Gasteiger partial charge in [-0.05, 0) is 26.2 Å². The molecule has 3 heteroatoms. The molecule has 0 aliphatic heterocycles. The van der Waals surface area contributed by atoms with Gasteiger partial charge in [-0.1, -0.05) is 25.7 Å². The Balaban J connectivity index is 2.72. The molecule has 0 radical (unpaired) electrons. The Morgan fingerprint density at radius 3 is 2.14 bits per heavy atom. The van der Waals surface area contributed by atoms with Crippen LogP contribution in [0.1, 0.15) is 51.9 Å². The highest BCUT2D eigenvalue weighted by Gasteiger charge is 2.39. The average Bonchev–Trinajstić information content (AvgIpc) is 2.29. The molecule has 0 aromatic heterocycles. The quantitative estimate of drug-likeness (QED) is 0.686. The van der Waals surface area contributed by atoms with Gasteiger partial charge in [-0.25, -0.2) is 0 Å². The zero-order chi connectivity index (χ0) is 10.6. The van der Waals surface area contributed by atoms with Gasteiger partial charge in [0, 0.05) is 0 Å². The van der Waals surface area contributed by atoms with E-state index < -0.39 is 17.5 Å². The minimum atomic E-state index is -0.722. The van der Waals surface area contributed by atoms with Crippen LogP contribution in [0.4, 0.5) is 0 Å². The van der Waals surface area contributed by atoms with E-state index in [9.17, 15) is 15.0 Å². The second-order valence-electron chi connectivity index (χ2n) is 4.55. The summed E-state index contributed by atoms with van der Waals surface area (Å²) in [5.74, 6) is -0.722. The van der Waals surface area contributed by atoms with Gasteiger partial charge in [0.15, 0.2) is 0 Å². The van der Waals surface area contributed by atoms with E-state index in [1.54, 1.807) is 6.92 Å². The monoisotopic (exact) mass is 200 g/mol. The maximum Gasteiger partial charge on any atom is 0.309 e. The fourth-order valence-electron chi connectivity index (χ4n) is 2.48. The number of rotatable bonds is 3. The molecule has 0 bridgehead atoms. The maximum absolute atomic E-state index is 11.3. The number of carboxylic acids is 1. The lowest BCUT2D eigenvalue weighted by molar-refractivity contribution is -0.152. The van der Waals surface area contributed by atoms with Gasteiger partial charge < -0.3 is 10.2 Å². The molecule has 14 heavy (non-hydrogen) atoms. The number of hydrogen-bond donors (Lipinski definition) is 2. The third kappa shape index (κ3) is 2.71. The van der Waals surface area contributed by atoms with E-state index in [0.29, 0.717) is 6.42 Å². The van der Waals surface area contributed by atoms with Crippen molar-refractivity contribution in [3.63, 3.8) is 0 Å². The Kier molecular flexibility index (Phi) is 3.93. The van der Waals surface area contributed by atoms with Crippen LogP contribution >= 0.6 is 0 Å². The van der Waals surface area contributed by atoms with Crippen molar-refractivity contribution in [1.29, 1.82) is 0 Å². The second kappa shape index (κ2) is 4.78. The predicted octanol–water partition coefficient (Wildman–Crippen LogP) is 2.18. The van der Waals surface area contributed by atoms with Crippen LogP contribution in [-0.4, -0.2) is 22.3 Å². The highest BCUT2D eigenvalue weighted by atomic mass is 16.4. The van der Waals surface area contributed by atoms with Gasteiger partial charge in [0.2, 0.25) is 0 Å². The van der Waals surface area contributed by atoms with E-state index >= 15 is 0 Å². The van der Waals surface area contributed by atoms with E-state index in [1.165, 1.54) is 0 Å². The van der Waals surface area contributed by atoms with E-state index in [2.05, 4.69) is 0 Å². The number of carbonyl (C=O) groups is 1. The molecule has 1 aliphatic carbocycles. The summed E-state index contributed by atoms with van der Waals surface area (Å²) in [6, 6.07) is 0. The summed E-state index contributed by atoms with van der Waals surface area (Å²) in [7, 11) is 0. The Morgan fingerprint density at radius 2 is 1.79 bits per heavy atom. The van der Waals surface area contributed by atoms with Crippen LogP contribution in [0.15, 0.2) is 0 Å². The molecular weight excluding hydrogens is 180 g/mol. The van der Waals surface area contributed by atoms with Crippen LogP contribution in [0, 0.1) is 5.41 Å². The van der Waals surface area contributed by atoms with Crippen LogP contribution in [0.5, 0.6) is 0 Å². The van der Waals surface area contributed by atoms with E-state index in [-0.39, 0.29) is 0 Å². The minimum Gasteiger partial charge on any atom is -0.481 e. The highest BCUT2D eigenvalue weighted by Crippen LogP contribution is 2.39. The molecular formula is C11H20O3. The molecule has 1 unspecified atom stereocenters. The molecule has 3 nitrogen and oxygen atoms in total. The van der Waals surface area contributed by atoms with Crippen molar-refractivity contribution in [1.82, 2.24) is 0 Å². The first-order valence-electron chi connectivity index (χ1n) is 5.48. The first-order chi connectivity index (χ1) is 6.57. The van der Waals surface area contributed by atoms with Gasteiger partial charge in [-0.3, -0.25) is 4.79 Å². The SMILES string of the molecule is CC(O)CC1(C(=O)O)CCCCCC1. The summed E-state index contributed by atoms with van der Waals surface area (Å²) in [5, 5.41) is 18.6. The van der Waals surface area contributed by atoms with Crippen molar-refractivity contribution in [3.05, 3.63) is 0 Å². The number of aliphatic carboxylic acids is 1. The molecule has 0 saturated heterocycles. The number of hydrogen-bond acceptors (Lipinski definition) is 2. The van der Waals surface area contributed by atoms with Crippen molar-refractivity contribution in [3.8, 4) is 0 Å². The predicted molar refractivity (Wildman–Crippen MR) is 54.1 cm³/mol. The fraction of sp³-hybridized carbons (Fsp3) is 0.909. The van der Waals surface area contributed by atoms with Gasteiger partial charge in [-0.15, -0.1) is 0 Å². The Morgan fingerprint density at radius 1 is 1.29 bits per heavy atom. The zero-order valence-electron chi connectivity index (χ0n) is 8.83. The highest BCUT2D eigenvalue weighted by molar-refractivity contribution is 5.74. The molecule has 0 heterocycles. The zero-order valence-corrected chi connectivity index (χ0v) is 8.83. The van der Waals surface area contributed by atoms with Crippen LogP contribution in [0.2, 0.25) is 0 Å². The second-order valence-corrected chi connectivity index (χ2v) is 4.55. The van der Waals surface area contributed by atoms with Gasteiger partial charge in [-0.2, -0.15) is 0 Å². The van der Waals surface area contributed by atoms with Gasteiger partial charge in [0.05, 0.1) is 11.5 Å². The topological polar surface area (TPSA) is 57.5 Å². The summed E-state index contributed by atoms with van der Waals surface area (Å²) in [6.45, 7) is 1.68. The molecule has 0 spiro atoms. The summed E-state index contributed by atoms with van der Waals surface area (Å²) in [6.07, 6.45) is 5.59. The maximum atomic E-state index is 11.3. The van der Waals surface area contributed by atoms with Crippen LogP contribution in [0.25, 0.3) is 0 Å². The molecule has 82 valence electrons. The van der Waals surface area contributed by atoms with Crippen LogP contribution < -0.4 is 0 Å². The number of aliphatic hydroxyl groups is 1. The molecule has 2 N–H and O–H groups in total. The van der Waals surface area contributed by atoms with Crippen LogP contribution in [0.3, 0.4) is 0 Å². The molecule has 0 amide bonds. The van der Waals surface area contributed by atoms with Gasteiger partial charge in [0.25, 0.3) is 0 Å². The van der Waals surface area contributed by atoms with Gasteiger partial charge >= 0.3 is 5.97 Å². The normalized spacial score (nSPS) is 23.9. The molecule has 0 aromatic rings. The largest absolute Gasteiger partial charge is 0.481 e. The summed E-state index contributed by atoms with van der Waals surface area (Å²) in [4.78, 5) is 11.3. The number of aliphatic hydroxyl groups excluding tert-OH is 1. The lowest BCUT2D eigenvalue weighted by atomic mass is 9.76. The van der Waals surface area contributed by atoms with Crippen molar-refractivity contribution in [2.45, 2.75) is 58.0 Å². The summed E-state index contributed by atoms with van der Waals surface area (Å²) < 4.78 is 0. The van der Waals surface area contributed by atoms with E-state index in [0.717, 1.165) is 38.5 Å². The first kappa shape index (κ1) is 11.5. The minimum absolute atomic E-state index is 0.405. The summed E-state index contributed by atoms with van der Waals surface area (Å²) >= 11 is 0. The lowest BCUT2D eigenvalue weighted by Gasteiger charge is -2.29. The van der Waals surface area contributed by atoms with Crippen molar-refractivity contribution in [2.75, 3.05) is 0 Å². The third-order valence-corrected chi connectivity index (χ3v) is 3.20. The standard InChI is InChI=1S/C11H20O3/c1-9(12)8-11(10(13)14)6-4-2-3-5-7-11/h9,12H,2-8H2,1H3,(H,13,14). The number of carboxylic acid groups (broad SMARTS) is 1. The first-order valence-corrected chi connectivity index (χ1v) is 5.48.